The van der Waals surface area contributed by atoms with Gasteiger partial charge in [-0.2, -0.15) is 0 Å². The maximum Gasteiger partial charge on any atom is 0.253 e. The lowest BCUT2D eigenvalue weighted by molar-refractivity contribution is -0.137. The third-order valence-corrected chi connectivity index (χ3v) is 3.92. The van der Waals surface area contributed by atoms with Gasteiger partial charge in [0.05, 0.1) is 5.69 Å². The lowest BCUT2D eigenvalue weighted by atomic mass is 9.91. The Hall–Kier alpha value is -1.91. The summed E-state index contributed by atoms with van der Waals surface area (Å²) in [6.07, 6.45) is 0.453. The number of piperazine rings is 1. The van der Waals surface area contributed by atoms with Gasteiger partial charge >= 0.3 is 0 Å². The maximum atomic E-state index is 14.1. The van der Waals surface area contributed by atoms with Crippen molar-refractivity contribution in [1.82, 2.24) is 5.32 Å². The number of aryl methyl sites for hydroxylation is 1. The van der Waals surface area contributed by atoms with Gasteiger partial charge in [0.15, 0.2) is 0 Å². The molecule has 2 rings (SSSR count). The minimum Gasteiger partial charge on any atom is -0.340 e. The van der Waals surface area contributed by atoms with Gasteiger partial charge < -0.3 is 5.32 Å². The summed E-state index contributed by atoms with van der Waals surface area (Å²) in [6, 6.07) is 3.83. The molecule has 0 aromatic heterocycles. The van der Waals surface area contributed by atoms with E-state index in [-0.39, 0.29) is 17.5 Å². The summed E-state index contributed by atoms with van der Waals surface area (Å²) in [7, 11) is 0. The number of carbonyl (C=O) groups excluding carboxylic acids is 2. The molecule has 1 saturated heterocycles. The monoisotopic (exact) mass is 278 g/mol. The predicted molar refractivity (Wildman–Crippen MR) is 74.9 cm³/mol. The van der Waals surface area contributed by atoms with Crippen LogP contribution in [0.25, 0.3) is 0 Å². The number of nitrogens with zero attached hydrogens (tertiary/aromatic N) is 1. The number of rotatable bonds is 2. The van der Waals surface area contributed by atoms with Gasteiger partial charge in [0.2, 0.25) is 5.91 Å². The zero-order valence-electron chi connectivity index (χ0n) is 12.2. The van der Waals surface area contributed by atoms with Crippen LogP contribution in [0.4, 0.5) is 10.1 Å². The Balaban J connectivity index is 2.54. The van der Waals surface area contributed by atoms with Crippen LogP contribution in [-0.2, 0) is 9.59 Å². The largest absolute Gasteiger partial charge is 0.340 e. The topological polar surface area (TPSA) is 49.4 Å². The number of carbonyl (C=O) groups is 2. The number of nitrogens with one attached hydrogen (secondary N) is 1. The first-order chi connectivity index (χ1) is 9.30. The SMILES string of the molecule is CCC1(C)NC(=O)C(C)N(c2cc(C)ccc2F)C1=O. The fraction of sp³-hybridized carbons (Fsp3) is 0.467. The van der Waals surface area contributed by atoms with Crippen molar-refractivity contribution < 1.29 is 14.0 Å². The summed E-state index contributed by atoms with van der Waals surface area (Å²) in [6.45, 7) is 6.91. The Bertz CT molecular complexity index is 573. The van der Waals surface area contributed by atoms with Crippen LogP contribution >= 0.6 is 0 Å². The van der Waals surface area contributed by atoms with Crippen molar-refractivity contribution in [3.8, 4) is 0 Å². The van der Waals surface area contributed by atoms with Crippen LogP contribution < -0.4 is 10.2 Å². The second kappa shape index (κ2) is 4.89. The van der Waals surface area contributed by atoms with Crippen molar-refractivity contribution in [1.29, 1.82) is 0 Å². The highest BCUT2D eigenvalue weighted by Crippen LogP contribution is 2.29. The molecule has 0 bridgehead atoms. The smallest absolute Gasteiger partial charge is 0.253 e. The molecule has 4 nitrogen and oxygen atoms in total. The standard InChI is InChI=1S/C15H19FN2O2/c1-5-15(4)14(20)18(10(3)13(19)17-15)12-8-9(2)6-7-11(12)16/h6-8,10H,5H2,1-4H3,(H,17,19). The molecule has 2 amide bonds. The third kappa shape index (κ3) is 2.17. The Labute approximate surface area is 118 Å². The molecule has 0 radical (unpaired) electrons. The highest BCUT2D eigenvalue weighted by Gasteiger charge is 2.46. The molecule has 0 spiro atoms. The fourth-order valence-electron chi connectivity index (χ4n) is 2.35. The van der Waals surface area contributed by atoms with Crippen LogP contribution in [0.15, 0.2) is 18.2 Å². The normalized spacial score (nSPS) is 26.6. The summed E-state index contributed by atoms with van der Waals surface area (Å²) >= 11 is 0. The van der Waals surface area contributed by atoms with Crippen molar-refractivity contribution in [2.24, 2.45) is 0 Å². The number of hydrogen-bond acceptors (Lipinski definition) is 2. The first-order valence-electron chi connectivity index (χ1n) is 6.72. The van der Waals surface area contributed by atoms with E-state index >= 15 is 0 Å². The third-order valence-electron chi connectivity index (χ3n) is 3.92. The number of benzene rings is 1. The van der Waals surface area contributed by atoms with Gasteiger partial charge in [0, 0.05) is 0 Å². The van der Waals surface area contributed by atoms with Crippen LogP contribution in [0.1, 0.15) is 32.8 Å². The minimum absolute atomic E-state index is 0.164. The summed E-state index contributed by atoms with van der Waals surface area (Å²) in [5, 5.41) is 2.72. The van der Waals surface area contributed by atoms with Gasteiger partial charge in [-0.15, -0.1) is 0 Å². The van der Waals surface area contributed by atoms with Crippen molar-refractivity contribution in [3.05, 3.63) is 29.6 Å². The maximum absolute atomic E-state index is 14.1. The second-order valence-electron chi connectivity index (χ2n) is 5.48. The zero-order valence-corrected chi connectivity index (χ0v) is 12.2. The molecule has 1 fully saturated rings. The van der Waals surface area contributed by atoms with E-state index in [1.165, 1.54) is 11.0 Å². The van der Waals surface area contributed by atoms with Gasteiger partial charge in [-0.25, -0.2) is 4.39 Å². The molecular formula is C15H19FN2O2. The minimum atomic E-state index is -0.986. The molecule has 5 heteroatoms. The Morgan fingerprint density at radius 2 is 2.05 bits per heavy atom. The molecule has 1 aromatic rings. The molecule has 1 aliphatic rings. The van der Waals surface area contributed by atoms with Crippen LogP contribution in [-0.4, -0.2) is 23.4 Å². The van der Waals surface area contributed by atoms with E-state index in [4.69, 9.17) is 0 Å². The van der Waals surface area contributed by atoms with Crippen molar-refractivity contribution >= 4 is 17.5 Å². The molecule has 2 unspecified atom stereocenters. The molecule has 0 aliphatic carbocycles. The van der Waals surface area contributed by atoms with E-state index < -0.39 is 17.4 Å². The molecule has 1 heterocycles. The van der Waals surface area contributed by atoms with E-state index in [1.54, 1.807) is 26.0 Å². The lowest BCUT2D eigenvalue weighted by Crippen LogP contribution is -2.68. The lowest BCUT2D eigenvalue weighted by Gasteiger charge is -2.43. The Kier molecular flexibility index (Phi) is 3.54. The van der Waals surface area contributed by atoms with Gasteiger partial charge in [-0.05, 0) is 44.9 Å². The number of halogens is 1. The van der Waals surface area contributed by atoms with E-state index in [1.807, 2.05) is 13.8 Å². The molecule has 1 aliphatic heterocycles. The van der Waals surface area contributed by atoms with Crippen molar-refractivity contribution in [3.63, 3.8) is 0 Å². The average Bonchev–Trinajstić information content (AvgIpc) is 2.41. The van der Waals surface area contributed by atoms with E-state index in [2.05, 4.69) is 5.32 Å². The molecule has 1 N–H and O–H groups in total. The predicted octanol–water partition coefficient (Wildman–Crippen LogP) is 2.15. The summed E-state index contributed by atoms with van der Waals surface area (Å²) < 4.78 is 14.1. The van der Waals surface area contributed by atoms with E-state index in [9.17, 15) is 14.0 Å². The summed E-state index contributed by atoms with van der Waals surface area (Å²) in [5.74, 6) is -1.05. The van der Waals surface area contributed by atoms with Gasteiger partial charge in [0.1, 0.15) is 17.4 Å². The molecule has 0 saturated carbocycles. The summed E-state index contributed by atoms with van der Waals surface area (Å²) in [5.41, 5.74) is 0.0161. The quantitative estimate of drug-likeness (QED) is 0.901. The van der Waals surface area contributed by atoms with Gasteiger partial charge in [-0.3, -0.25) is 14.5 Å². The Morgan fingerprint density at radius 1 is 1.40 bits per heavy atom. The van der Waals surface area contributed by atoms with Crippen LogP contribution in [0.3, 0.4) is 0 Å². The van der Waals surface area contributed by atoms with Gasteiger partial charge in [-0.1, -0.05) is 13.0 Å². The molecule has 1 aromatic carbocycles. The van der Waals surface area contributed by atoms with Gasteiger partial charge in [0.25, 0.3) is 5.91 Å². The Morgan fingerprint density at radius 3 is 2.65 bits per heavy atom. The van der Waals surface area contributed by atoms with E-state index in [0.29, 0.717) is 6.42 Å². The molecule has 108 valence electrons. The second-order valence-corrected chi connectivity index (χ2v) is 5.48. The zero-order chi connectivity index (χ0) is 15.1. The van der Waals surface area contributed by atoms with Crippen LogP contribution in [0, 0.1) is 12.7 Å². The van der Waals surface area contributed by atoms with E-state index in [0.717, 1.165) is 5.56 Å². The number of anilines is 1. The first-order valence-corrected chi connectivity index (χ1v) is 6.72. The number of amides is 2. The average molecular weight is 278 g/mol. The van der Waals surface area contributed by atoms with Crippen molar-refractivity contribution in [2.45, 2.75) is 45.7 Å². The molecule has 2 atom stereocenters. The summed E-state index contributed by atoms with van der Waals surface area (Å²) in [4.78, 5) is 26.0. The van der Waals surface area contributed by atoms with Crippen molar-refractivity contribution in [2.75, 3.05) is 4.90 Å². The molecule has 20 heavy (non-hydrogen) atoms. The number of hydrogen-bond donors (Lipinski definition) is 1. The van der Waals surface area contributed by atoms with Crippen LogP contribution in [0.2, 0.25) is 0 Å². The highest BCUT2D eigenvalue weighted by molar-refractivity contribution is 6.10. The highest BCUT2D eigenvalue weighted by atomic mass is 19.1. The molecular weight excluding hydrogens is 259 g/mol. The first kappa shape index (κ1) is 14.5. The van der Waals surface area contributed by atoms with Crippen LogP contribution in [0.5, 0.6) is 0 Å². The fourth-order valence-corrected chi connectivity index (χ4v) is 2.35.